The number of benzene rings is 1. The number of oxazole rings is 1. The summed E-state index contributed by atoms with van der Waals surface area (Å²) in [6.07, 6.45) is 3.08. The lowest BCUT2D eigenvalue weighted by molar-refractivity contribution is 0.0956. The first-order valence-corrected chi connectivity index (χ1v) is 6.20. The van der Waals surface area contributed by atoms with Gasteiger partial charge in [0, 0.05) is 17.8 Å². The Morgan fingerprint density at radius 1 is 1.42 bits per heavy atom. The number of aromatic nitrogens is 1. The second-order valence-electron chi connectivity index (χ2n) is 4.21. The van der Waals surface area contributed by atoms with Gasteiger partial charge in [-0.2, -0.15) is 0 Å². The molecule has 0 unspecified atom stereocenters. The van der Waals surface area contributed by atoms with E-state index in [0.29, 0.717) is 18.7 Å². The van der Waals surface area contributed by atoms with Gasteiger partial charge in [-0.1, -0.05) is 0 Å². The highest BCUT2D eigenvalue weighted by Gasteiger charge is 2.07. The molecule has 2 N–H and O–H groups in total. The van der Waals surface area contributed by atoms with E-state index in [1.54, 1.807) is 12.3 Å². The van der Waals surface area contributed by atoms with Crippen molar-refractivity contribution < 1.29 is 9.21 Å². The molecule has 0 fully saturated rings. The normalized spacial score (nSPS) is 10.2. The zero-order valence-corrected chi connectivity index (χ0v) is 11.1. The monoisotopic (exact) mass is 259 g/mol. The molecule has 2 aromatic rings. The van der Waals surface area contributed by atoms with Crippen molar-refractivity contribution in [3.63, 3.8) is 0 Å². The number of nitrogens with zero attached hydrogens (tertiary/aromatic N) is 1. The van der Waals surface area contributed by atoms with E-state index in [-0.39, 0.29) is 5.91 Å². The number of hydrogen-bond donors (Lipinski definition) is 2. The van der Waals surface area contributed by atoms with Gasteiger partial charge >= 0.3 is 0 Å². The number of nitrogens with one attached hydrogen (secondary N) is 2. The van der Waals surface area contributed by atoms with Gasteiger partial charge in [-0.25, -0.2) is 4.98 Å². The van der Waals surface area contributed by atoms with Crippen molar-refractivity contribution in [3.05, 3.63) is 47.7 Å². The standard InChI is InChI=1S/C14H17N3O2/c1-3-16-14(18)11-4-5-13(10(2)6-11)17-8-12-7-15-9-19-12/h4-7,9,17H,3,8H2,1-2H3,(H,16,18). The Kier molecular flexibility index (Phi) is 4.18. The van der Waals surface area contributed by atoms with Crippen LogP contribution in [0.15, 0.2) is 35.2 Å². The quantitative estimate of drug-likeness (QED) is 0.865. The van der Waals surface area contributed by atoms with Crippen molar-refractivity contribution in [2.24, 2.45) is 0 Å². The van der Waals surface area contributed by atoms with Crippen molar-refractivity contribution in [2.75, 3.05) is 11.9 Å². The molecule has 0 saturated carbocycles. The zero-order chi connectivity index (χ0) is 13.7. The molecule has 1 aromatic carbocycles. The number of carbonyl (C=O) groups is 1. The summed E-state index contributed by atoms with van der Waals surface area (Å²) in [5.74, 6) is 0.722. The first-order valence-electron chi connectivity index (χ1n) is 6.20. The van der Waals surface area contributed by atoms with Crippen molar-refractivity contribution in [1.82, 2.24) is 10.3 Å². The minimum Gasteiger partial charge on any atom is -0.447 e. The van der Waals surface area contributed by atoms with Gasteiger partial charge < -0.3 is 15.1 Å². The van der Waals surface area contributed by atoms with E-state index in [1.807, 2.05) is 26.0 Å². The Morgan fingerprint density at radius 3 is 2.89 bits per heavy atom. The molecule has 0 aliphatic heterocycles. The van der Waals surface area contributed by atoms with E-state index >= 15 is 0 Å². The summed E-state index contributed by atoms with van der Waals surface area (Å²) >= 11 is 0. The van der Waals surface area contributed by atoms with E-state index in [9.17, 15) is 4.79 Å². The van der Waals surface area contributed by atoms with Gasteiger partial charge in [-0.15, -0.1) is 0 Å². The Hall–Kier alpha value is -2.30. The Bertz CT molecular complexity index is 550. The van der Waals surface area contributed by atoms with Gasteiger partial charge in [0.1, 0.15) is 5.76 Å². The maximum Gasteiger partial charge on any atom is 0.251 e. The van der Waals surface area contributed by atoms with E-state index in [4.69, 9.17) is 4.42 Å². The predicted octanol–water partition coefficient (Wildman–Crippen LogP) is 2.34. The van der Waals surface area contributed by atoms with Crippen LogP contribution in [0, 0.1) is 6.92 Å². The zero-order valence-electron chi connectivity index (χ0n) is 11.1. The van der Waals surface area contributed by atoms with Gasteiger partial charge in [0.25, 0.3) is 5.91 Å². The molecule has 2 rings (SSSR count). The molecule has 0 atom stereocenters. The highest BCUT2D eigenvalue weighted by Crippen LogP contribution is 2.17. The summed E-state index contributed by atoms with van der Waals surface area (Å²) in [6.45, 7) is 5.06. The van der Waals surface area contributed by atoms with Crippen molar-refractivity contribution in [2.45, 2.75) is 20.4 Å². The molecule has 19 heavy (non-hydrogen) atoms. The van der Waals surface area contributed by atoms with Crippen molar-refractivity contribution in [1.29, 1.82) is 0 Å². The maximum atomic E-state index is 11.7. The number of carbonyl (C=O) groups excluding carboxylic acids is 1. The SMILES string of the molecule is CCNC(=O)c1ccc(NCc2cnco2)c(C)c1. The van der Waals surface area contributed by atoms with Crippen LogP contribution in [0.4, 0.5) is 5.69 Å². The first-order chi connectivity index (χ1) is 9.20. The lowest BCUT2D eigenvalue weighted by Gasteiger charge is -2.10. The fourth-order valence-corrected chi connectivity index (χ4v) is 1.78. The van der Waals surface area contributed by atoms with Gasteiger partial charge in [0.2, 0.25) is 0 Å². The van der Waals surface area contributed by atoms with Crippen LogP contribution in [0.5, 0.6) is 0 Å². The fourth-order valence-electron chi connectivity index (χ4n) is 1.78. The summed E-state index contributed by atoms with van der Waals surface area (Å²) in [5, 5.41) is 6.03. The summed E-state index contributed by atoms with van der Waals surface area (Å²) in [7, 11) is 0. The average molecular weight is 259 g/mol. The predicted molar refractivity (Wildman–Crippen MR) is 73.0 cm³/mol. The lowest BCUT2D eigenvalue weighted by Crippen LogP contribution is -2.22. The van der Waals surface area contributed by atoms with Crippen molar-refractivity contribution >= 4 is 11.6 Å². The second-order valence-corrected chi connectivity index (χ2v) is 4.21. The highest BCUT2D eigenvalue weighted by molar-refractivity contribution is 5.94. The average Bonchev–Trinajstić information content (AvgIpc) is 2.90. The molecular weight excluding hydrogens is 242 g/mol. The number of hydrogen-bond acceptors (Lipinski definition) is 4. The van der Waals surface area contributed by atoms with Crippen LogP contribution in [-0.4, -0.2) is 17.4 Å². The molecule has 0 radical (unpaired) electrons. The molecule has 0 bridgehead atoms. The van der Waals surface area contributed by atoms with Gasteiger partial charge in [-0.05, 0) is 37.6 Å². The van der Waals surface area contributed by atoms with Crippen LogP contribution < -0.4 is 10.6 Å². The smallest absolute Gasteiger partial charge is 0.251 e. The van der Waals surface area contributed by atoms with E-state index in [2.05, 4.69) is 15.6 Å². The van der Waals surface area contributed by atoms with E-state index in [1.165, 1.54) is 6.39 Å². The van der Waals surface area contributed by atoms with Crippen LogP contribution in [0.3, 0.4) is 0 Å². The largest absolute Gasteiger partial charge is 0.447 e. The number of anilines is 1. The molecule has 1 amide bonds. The molecule has 0 spiro atoms. The van der Waals surface area contributed by atoms with Crippen LogP contribution in [0.1, 0.15) is 28.6 Å². The molecular formula is C14H17N3O2. The van der Waals surface area contributed by atoms with Crippen LogP contribution in [0.2, 0.25) is 0 Å². The fraction of sp³-hybridized carbons (Fsp3) is 0.286. The third-order valence-corrected chi connectivity index (χ3v) is 2.76. The van der Waals surface area contributed by atoms with Crippen LogP contribution in [-0.2, 0) is 6.54 Å². The second kappa shape index (κ2) is 6.04. The third kappa shape index (κ3) is 3.34. The van der Waals surface area contributed by atoms with Crippen LogP contribution >= 0.6 is 0 Å². The molecule has 1 heterocycles. The van der Waals surface area contributed by atoms with Gasteiger partial charge in [-0.3, -0.25) is 4.79 Å². The Labute approximate surface area is 112 Å². The highest BCUT2D eigenvalue weighted by atomic mass is 16.3. The Balaban J connectivity index is 2.04. The number of rotatable bonds is 5. The molecule has 0 aliphatic carbocycles. The molecule has 5 nitrogen and oxygen atoms in total. The topological polar surface area (TPSA) is 67.2 Å². The summed E-state index contributed by atoms with van der Waals surface area (Å²) in [4.78, 5) is 15.6. The minimum absolute atomic E-state index is 0.0487. The summed E-state index contributed by atoms with van der Waals surface area (Å²) in [5.41, 5.74) is 2.66. The molecule has 0 saturated heterocycles. The van der Waals surface area contributed by atoms with Gasteiger partial charge in [0.15, 0.2) is 6.39 Å². The molecule has 1 aromatic heterocycles. The lowest BCUT2D eigenvalue weighted by atomic mass is 10.1. The molecule has 0 aliphatic rings. The summed E-state index contributed by atoms with van der Waals surface area (Å²) in [6, 6.07) is 5.57. The third-order valence-electron chi connectivity index (χ3n) is 2.76. The summed E-state index contributed by atoms with van der Waals surface area (Å²) < 4.78 is 5.15. The number of aryl methyl sites for hydroxylation is 1. The number of amides is 1. The Morgan fingerprint density at radius 2 is 2.26 bits per heavy atom. The molecule has 100 valence electrons. The van der Waals surface area contributed by atoms with Crippen molar-refractivity contribution in [3.8, 4) is 0 Å². The van der Waals surface area contributed by atoms with Crippen LogP contribution in [0.25, 0.3) is 0 Å². The van der Waals surface area contributed by atoms with E-state index in [0.717, 1.165) is 17.0 Å². The van der Waals surface area contributed by atoms with E-state index < -0.39 is 0 Å². The first kappa shape index (κ1) is 13.1. The minimum atomic E-state index is -0.0487. The maximum absolute atomic E-state index is 11.7. The molecule has 5 heteroatoms. The van der Waals surface area contributed by atoms with Gasteiger partial charge in [0.05, 0.1) is 12.7 Å².